The van der Waals surface area contributed by atoms with Gasteiger partial charge in [-0.1, -0.05) is 159 Å². The molecule has 55 heavy (non-hydrogen) atoms. The van der Waals surface area contributed by atoms with Gasteiger partial charge in [-0.05, 0) is 128 Å². The average Bonchev–Trinajstić information content (AvgIpc) is 3.78. The van der Waals surface area contributed by atoms with Crippen molar-refractivity contribution in [2.24, 2.45) is 0 Å². The fourth-order valence-electron chi connectivity index (χ4n) is 10.6. The zero-order chi connectivity index (χ0) is 37.1. The van der Waals surface area contributed by atoms with Crippen LogP contribution in [-0.4, -0.2) is 0 Å². The predicted molar refractivity (Wildman–Crippen MR) is 230 cm³/mol. The molecule has 1 nitrogen and oxygen atoms in total. The van der Waals surface area contributed by atoms with E-state index in [0.717, 1.165) is 0 Å². The van der Waals surface area contributed by atoms with Crippen molar-refractivity contribution in [3.8, 4) is 44.5 Å². The van der Waals surface area contributed by atoms with Crippen molar-refractivity contribution in [1.29, 1.82) is 0 Å². The molecule has 8 aromatic carbocycles. The van der Waals surface area contributed by atoms with Gasteiger partial charge < -0.3 is 4.90 Å². The lowest BCUT2D eigenvalue weighted by atomic mass is 9.70. The first kappa shape index (κ1) is 32.0. The lowest BCUT2D eigenvalue weighted by molar-refractivity contribution is 0.660. The van der Waals surface area contributed by atoms with E-state index in [1.165, 1.54) is 106 Å². The fourth-order valence-corrected chi connectivity index (χ4v) is 10.6. The summed E-state index contributed by atoms with van der Waals surface area (Å²) in [4.78, 5) is 2.61. The number of fused-ring (bicyclic) bond motifs is 13. The van der Waals surface area contributed by atoms with E-state index in [2.05, 4.69) is 209 Å². The summed E-state index contributed by atoms with van der Waals surface area (Å²) in [5.74, 6) is 0. The summed E-state index contributed by atoms with van der Waals surface area (Å²) in [6.07, 6.45) is 0. The molecule has 1 heteroatoms. The Morgan fingerprint density at radius 1 is 0.382 bits per heavy atom. The van der Waals surface area contributed by atoms with Gasteiger partial charge >= 0.3 is 0 Å². The maximum Gasteiger partial charge on any atom is 0.0746 e. The molecule has 3 aliphatic rings. The first-order chi connectivity index (χ1) is 26.9. The minimum atomic E-state index is -0.480. The highest BCUT2D eigenvalue weighted by Gasteiger charge is 2.53. The van der Waals surface area contributed by atoms with Crippen LogP contribution in [0.3, 0.4) is 0 Å². The summed E-state index contributed by atoms with van der Waals surface area (Å²) in [5, 5.41) is 0. The molecular formula is C54H41N. The topological polar surface area (TPSA) is 3.24 Å². The number of hydrogen-bond donors (Lipinski definition) is 0. The van der Waals surface area contributed by atoms with E-state index in [0.29, 0.717) is 0 Å². The van der Waals surface area contributed by atoms with E-state index in [1.807, 2.05) is 0 Å². The van der Waals surface area contributed by atoms with Crippen molar-refractivity contribution in [2.45, 2.75) is 38.5 Å². The molecule has 0 aromatic heterocycles. The van der Waals surface area contributed by atoms with E-state index < -0.39 is 5.41 Å². The quantitative estimate of drug-likeness (QED) is 0.176. The summed E-state index contributed by atoms with van der Waals surface area (Å²) in [6.45, 7) is 9.36. The molecule has 0 saturated heterocycles. The zero-order valence-electron chi connectivity index (χ0n) is 31.7. The third kappa shape index (κ3) is 4.24. The number of rotatable bonds is 4. The van der Waals surface area contributed by atoms with Crippen molar-refractivity contribution < 1.29 is 0 Å². The van der Waals surface area contributed by atoms with Gasteiger partial charge in [-0.2, -0.15) is 0 Å². The lowest BCUT2D eigenvalue weighted by Gasteiger charge is -2.37. The largest absolute Gasteiger partial charge is 0.310 e. The molecule has 11 rings (SSSR count). The molecule has 0 amide bonds. The average molecular weight is 704 g/mol. The molecule has 262 valence electrons. The molecule has 1 spiro atoms. The van der Waals surface area contributed by atoms with E-state index >= 15 is 0 Å². The Balaban J connectivity index is 1.24. The van der Waals surface area contributed by atoms with Crippen LogP contribution in [0.15, 0.2) is 176 Å². The van der Waals surface area contributed by atoms with E-state index in [-0.39, 0.29) is 5.41 Å². The second-order valence-electron chi connectivity index (χ2n) is 16.1. The van der Waals surface area contributed by atoms with Crippen molar-refractivity contribution in [3.63, 3.8) is 0 Å². The van der Waals surface area contributed by atoms with Gasteiger partial charge in [0, 0.05) is 16.7 Å². The van der Waals surface area contributed by atoms with Gasteiger partial charge in [0.2, 0.25) is 0 Å². The standard InChI is InChI=1S/C54H41N/c1-34-31-37(36-17-6-5-7-18-36)32-35(2)52(34)55(38-29-30-43-39-19-8-12-24-45(39)53(3,4)49(43)33-38)50-28-16-23-44-42-22-11-15-27-48(42)54(51(44)50)46-25-13-9-20-40(46)41-21-10-14-26-47(41)54/h5-33H,1-4H3. The third-order valence-corrected chi connectivity index (χ3v) is 12.9. The molecule has 8 aromatic rings. The monoisotopic (exact) mass is 703 g/mol. The molecule has 3 aliphatic carbocycles. The maximum atomic E-state index is 2.61. The normalized spacial score (nSPS) is 14.5. The van der Waals surface area contributed by atoms with Gasteiger partial charge in [0.25, 0.3) is 0 Å². The number of hydrogen-bond acceptors (Lipinski definition) is 1. The highest BCUT2D eigenvalue weighted by Crippen LogP contribution is 2.65. The molecule has 0 radical (unpaired) electrons. The first-order valence-electron chi connectivity index (χ1n) is 19.5. The highest BCUT2D eigenvalue weighted by molar-refractivity contribution is 6.00. The molecule has 0 aliphatic heterocycles. The Bertz CT molecular complexity index is 2790. The lowest BCUT2D eigenvalue weighted by Crippen LogP contribution is -2.28. The van der Waals surface area contributed by atoms with Crippen LogP contribution in [0, 0.1) is 13.8 Å². The van der Waals surface area contributed by atoms with Crippen LogP contribution < -0.4 is 4.90 Å². The Labute approximate surface area is 324 Å². The molecule has 0 atom stereocenters. The van der Waals surface area contributed by atoms with Gasteiger partial charge in [-0.25, -0.2) is 0 Å². The maximum absolute atomic E-state index is 2.61. The minimum Gasteiger partial charge on any atom is -0.310 e. The summed E-state index contributed by atoms with van der Waals surface area (Å²) in [6, 6.07) is 66.1. The SMILES string of the molecule is Cc1cc(-c2ccccc2)cc(C)c1N(c1ccc2c(c1)C(C)(C)c1ccccc1-2)c1cccc2c1C1(c3ccccc3-c3ccccc31)c1ccccc1-2. The second-order valence-corrected chi connectivity index (χ2v) is 16.1. The van der Waals surface area contributed by atoms with Crippen LogP contribution in [0.1, 0.15) is 58.4 Å². The third-order valence-electron chi connectivity index (χ3n) is 12.9. The predicted octanol–water partition coefficient (Wildman–Crippen LogP) is 14.1. The van der Waals surface area contributed by atoms with Crippen LogP contribution in [0.25, 0.3) is 44.5 Å². The molecule has 0 fully saturated rings. The van der Waals surface area contributed by atoms with Gasteiger partial charge in [-0.3, -0.25) is 0 Å². The second kappa shape index (κ2) is 11.5. The van der Waals surface area contributed by atoms with Crippen LogP contribution in [0.4, 0.5) is 17.1 Å². The number of nitrogens with zero attached hydrogens (tertiary/aromatic N) is 1. The van der Waals surface area contributed by atoms with Crippen molar-refractivity contribution in [1.82, 2.24) is 0 Å². The Morgan fingerprint density at radius 3 is 1.45 bits per heavy atom. The van der Waals surface area contributed by atoms with Crippen molar-refractivity contribution in [2.75, 3.05) is 4.90 Å². The van der Waals surface area contributed by atoms with Crippen molar-refractivity contribution >= 4 is 17.1 Å². The van der Waals surface area contributed by atoms with Gasteiger partial charge in [0.05, 0.1) is 16.8 Å². The molecule has 0 heterocycles. The number of aryl methyl sites for hydroxylation is 2. The highest BCUT2D eigenvalue weighted by atomic mass is 15.2. The summed E-state index contributed by atoms with van der Waals surface area (Å²) in [5.41, 5.74) is 24.1. The smallest absolute Gasteiger partial charge is 0.0746 e. The van der Waals surface area contributed by atoms with Gasteiger partial charge in [0.1, 0.15) is 0 Å². The number of anilines is 3. The first-order valence-corrected chi connectivity index (χ1v) is 19.5. The van der Waals surface area contributed by atoms with E-state index in [4.69, 9.17) is 0 Å². The summed E-state index contributed by atoms with van der Waals surface area (Å²) >= 11 is 0. The molecule has 0 N–H and O–H groups in total. The fraction of sp³-hybridized carbons (Fsp3) is 0.111. The molecular weight excluding hydrogens is 663 g/mol. The van der Waals surface area contributed by atoms with E-state index in [9.17, 15) is 0 Å². The Kier molecular flexibility index (Phi) is 6.72. The molecule has 0 unspecified atom stereocenters. The van der Waals surface area contributed by atoms with Crippen LogP contribution in [-0.2, 0) is 10.8 Å². The summed E-state index contributed by atoms with van der Waals surface area (Å²) in [7, 11) is 0. The van der Waals surface area contributed by atoms with Crippen LogP contribution >= 0.6 is 0 Å². The molecule has 0 saturated carbocycles. The Hall–Kier alpha value is -6.44. The van der Waals surface area contributed by atoms with Crippen molar-refractivity contribution in [3.05, 3.63) is 220 Å². The zero-order valence-corrected chi connectivity index (χ0v) is 31.7. The Morgan fingerprint density at radius 2 is 0.855 bits per heavy atom. The van der Waals surface area contributed by atoms with Gasteiger partial charge in [0.15, 0.2) is 0 Å². The number of benzene rings is 8. The minimum absolute atomic E-state index is 0.131. The van der Waals surface area contributed by atoms with Crippen LogP contribution in [0.5, 0.6) is 0 Å². The molecule has 0 bridgehead atoms. The van der Waals surface area contributed by atoms with E-state index in [1.54, 1.807) is 0 Å². The van der Waals surface area contributed by atoms with Gasteiger partial charge in [-0.15, -0.1) is 0 Å². The van der Waals surface area contributed by atoms with Crippen LogP contribution in [0.2, 0.25) is 0 Å². The summed E-state index contributed by atoms with van der Waals surface area (Å²) < 4.78 is 0.